The number of anilines is 1. The molecule has 0 fully saturated rings. The molecule has 0 atom stereocenters. The van der Waals surface area contributed by atoms with Gasteiger partial charge in [-0.15, -0.1) is 0 Å². The molecule has 2 aromatic rings. The number of carboxylic acids is 1. The first kappa shape index (κ1) is 14.0. The Labute approximate surface area is 118 Å². The molecule has 0 aliphatic carbocycles. The highest BCUT2D eigenvalue weighted by molar-refractivity contribution is 6.30. The Morgan fingerprint density at radius 3 is 2.35 bits per heavy atom. The fourth-order valence-corrected chi connectivity index (χ4v) is 1.74. The van der Waals surface area contributed by atoms with Gasteiger partial charge in [0.05, 0.1) is 11.3 Å². The van der Waals surface area contributed by atoms with Crippen LogP contribution in [0.15, 0.2) is 42.5 Å². The molecular weight excluding hydrogens is 285 g/mol. The third-order valence-corrected chi connectivity index (χ3v) is 2.84. The zero-order valence-corrected chi connectivity index (χ0v) is 10.8. The molecule has 0 saturated carbocycles. The summed E-state index contributed by atoms with van der Waals surface area (Å²) >= 11 is 5.70. The van der Waals surface area contributed by atoms with Gasteiger partial charge in [-0.3, -0.25) is 4.79 Å². The molecule has 0 spiro atoms. The first-order chi connectivity index (χ1) is 9.49. The molecule has 1 amide bonds. The number of aromatic carboxylic acids is 1. The average Bonchev–Trinajstić information content (AvgIpc) is 2.41. The molecule has 0 heterocycles. The standard InChI is InChI=1S/C14H9ClFNO3/c15-9-6-4-8(5-7-9)13(18)17-12-10(14(19)20)2-1-3-11(12)16/h1-7H,(H,17,18)(H,19,20). The fraction of sp³-hybridized carbons (Fsp3) is 0. The summed E-state index contributed by atoms with van der Waals surface area (Å²) in [6.45, 7) is 0. The average molecular weight is 294 g/mol. The van der Waals surface area contributed by atoms with Gasteiger partial charge in [-0.2, -0.15) is 0 Å². The van der Waals surface area contributed by atoms with Crippen LogP contribution in [0.2, 0.25) is 5.02 Å². The maximum absolute atomic E-state index is 13.7. The second-order valence-electron chi connectivity index (χ2n) is 3.93. The number of halogens is 2. The molecule has 4 nitrogen and oxygen atoms in total. The number of hydrogen-bond donors (Lipinski definition) is 2. The van der Waals surface area contributed by atoms with Crippen LogP contribution in [0.1, 0.15) is 20.7 Å². The van der Waals surface area contributed by atoms with Crippen molar-refractivity contribution in [3.8, 4) is 0 Å². The van der Waals surface area contributed by atoms with Gasteiger partial charge in [-0.25, -0.2) is 9.18 Å². The van der Waals surface area contributed by atoms with Crippen LogP contribution in [-0.2, 0) is 0 Å². The summed E-state index contributed by atoms with van der Waals surface area (Å²) in [4.78, 5) is 22.9. The molecule has 0 radical (unpaired) electrons. The van der Waals surface area contributed by atoms with Gasteiger partial charge in [0.1, 0.15) is 5.82 Å². The van der Waals surface area contributed by atoms with Crippen molar-refractivity contribution >= 4 is 29.2 Å². The summed E-state index contributed by atoms with van der Waals surface area (Å²) in [6, 6.07) is 9.48. The lowest BCUT2D eigenvalue weighted by Crippen LogP contribution is -2.16. The highest BCUT2D eigenvalue weighted by atomic mass is 35.5. The molecule has 0 aliphatic heterocycles. The number of benzene rings is 2. The number of carbonyl (C=O) groups is 2. The Morgan fingerprint density at radius 2 is 1.75 bits per heavy atom. The van der Waals surface area contributed by atoms with E-state index in [1.165, 1.54) is 36.4 Å². The molecule has 20 heavy (non-hydrogen) atoms. The number of hydrogen-bond acceptors (Lipinski definition) is 2. The van der Waals surface area contributed by atoms with Crippen LogP contribution in [0.3, 0.4) is 0 Å². The molecule has 2 N–H and O–H groups in total. The summed E-state index contributed by atoms with van der Waals surface area (Å²) in [7, 11) is 0. The van der Waals surface area contributed by atoms with Gasteiger partial charge in [0.2, 0.25) is 0 Å². The predicted molar refractivity (Wildman–Crippen MR) is 72.8 cm³/mol. The summed E-state index contributed by atoms with van der Waals surface area (Å²) < 4.78 is 13.7. The second kappa shape index (κ2) is 5.71. The van der Waals surface area contributed by atoms with E-state index in [2.05, 4.69) is 5.32 Å². The van der Waals surface area contributed by atoms with Crippen molar-refractivity contribution in [1.29, 1.82) is 0 Å². The van der Waals surface area contributed by atoms with Crippen molar-refractivity contribution in [2.45, 2.75) is 0 Å². The van der Waals surface area contributed by atoms with Crippen LogP contribution in [0.4, 0.5) is 10.1 Å². The third kappa shape index (κ3) is 2.95. The van der Waals surface area contributed by atoms with E-state index >= 15 is 0 Å². The maximum Gasteiger partial charge on any atom is 0.337 e. The molecule has 6 heteroatoms. The topological polar surface area (TPSA) is 66.4 Å². The van der Waals surface area contributed by atoms with Gasteiger partial charge < -0.3 is 10.4 Å². The molecular formula is C14H9ClFNO3. The van der Waals surface area contributed by atoms with Crippen molar-refractivity contribution in [3.05, 3.63) is 64.4 Å². The minimum atomic E-state index is -1.32. The third-order valence-electron chi connectivity index (χ3n) is 2.59. The lowest BCUT2D eigenvalue weighted by Gasteiger charge is -2.09. The van der Waals surface area contributed by atoms with Crippen LogP contribution in [0, 0.1) is 5.82 Å². The molecule has 2 rings (SSSR count). The molecule has 0 aromatic heterocycles. The van der Waals surface area contributed by atoms with Gasteiger partial charge in [-0.05, 0) is 36.4 Å². The molecule has 0 unspecified atom stereocenters. The summed E-state index contributed by atoms with van der Waals surface area (Å²) in [5.41, 5.74) is -0.429. The zero-order valence-electron chi connectivity index (χ0n) is 10.1. The van der Waals surface area contributed by atoms with Crippen molar-refractivity contribution in [2.75, 3.05) is 5.32 Å². The van der Waals surface area contributed by atoms with Crippen molar-refractivity contribution < 1.29 is 19.1 Å². The van der Waals surface area contributed by atoms with Crippen molar-refractivity contribution in [1.82, 2.24) is 0 Å². The van der Waals surface area contributed by atoms with E-state index in [-0.39, 0.29) is 16.8 Å². The van der Waals surface area contributed by atoms with Crippen LogP contribution >= 0.6 is 11.6 Å². The second-order valence-corrected chi connectivity index (χ2v) is 4.37. The van der Waals surface area contributed by atoms with Crippen molar-refractivity contribution in [2.24, 2.45) is 0 Å². The number of carboxylic acid groups (broad SMARTS) is 1. The Kier molecular flexibility index (Phi) is 4.00. The number of nitrogens with one attached hydrogen (secondary N) is 1. The van der Waals surface area contributed by atoms with Crippen LogP contribution in [-0.4, -0.2) is 17.0 Å². The first-order valence-corrected chi connectivity index (χ1v) is 5.95. The van der Waals surface area contributed by atoms with E-state index in [0.29, 0.717) is 5.02 Å². The lowest BCUT2D eigenvalue weighted by molar-refractivity contribution is 0.0697. The summed E-state index contributed by atoms with van der Waals surface area (Å²) in [5.74, 6) is -2.75. The van der Waals surface area contributed by atoms with Gasteiger partial charge in [-0.1, -0.05) is 17.7 Å². The first-order valence-electron chi connectivity index (χ1n) is 5.58. The van der Waals surface area contributed by atoms with Gasteiger partial charge in [0, 0.05) is 10.6 Å². The number of amides is 1. The molecule has 2 aromatic carbocycles. The Hall–Kier alpha value is -2.40. The van der Waals surface area contributed by atoms with Gasteiger partial charge in [0.25, 0.3) is 5.91 Å². The summed E-state index contributed by atoms with van der Waals surface area (Å²) in [5, 5.41) is 11.7. The van der Waals surface area contributed by atoms with E-state index in [9.17, 15) is 14.0 Å². The van der Waals surface area contributed by atoms with E-state index < -0.39 is 17.7 Å². The molecule has 102 valence electrons. The maximum atomic E-state index is 13.7. The fourth-order valence-electron chi connectivity index (χ4n) is 1.62. The van der Waals surface area contributed by atoms with E-state index in [1.807, 2.05) is 0 Å². The Morgan fingerprint density at radius 1 is 1.10 bits per heavy atom. The highest BCUT2D eigenvalue weighted by Gasteiger charge is 2.17. The number of rotatable bonds is 3. The Balaban J connectivity index is 2.32. The van der Waals surface area contributed by atoms with Crippen LogP contribution in [0.25, 0.3) is 0 Å². The monoisotopic (exact) mass is 293 g/mol. The van der Waals surface area contributed by atoms with Crippen LogP contribution < -0.4 is 5.32 Å². The van der Waals surface area contributed by atoms with Gasteiger partial charge in [0.15, 0.2) is 0 Å². The number of carbonyl (C=O) groups excluding carboxylic acids is 1. The quantitative estimate of drug-likeness (QED) is 0.911. The van der Waals surface area contributed by atoms with E-state index in [4.69, 9.17) is 16.7 Å². The number of para-hydroxylation sites is 1. The Bertz CT molecular complexity index is 671. The SMILES string of the molecule is O=C(Nc1c(F)cccc1C(=O)O)c1ccc(Cl)cc1. The molecule has 0 bridgehead atoms. The zero-order chi connectivity index (χ0) is 14.7. The smallest absolute Gasteiger partial charge is 0.337 e. The highest BCUT2D eigenvalue weighted by Crippen LogP contribution is 2.21. The minimum Gasteiger partial charge on any atom is -0.478 e. The van der Waals surface area contributed by atoms with Gasteiger partial charge >= 0.3 is 5.97 Å². The lowest BCUT2D eigenvalue weighted by atomic mass is 10.1. The molecule has 0 aliphatic rings. The molecule has 0 saturated heterocycles. The summed E-state index contributed by atoms with van der Waals surface area (Å²) in [6.07, 6.45) is 0. The van der Waals surface area contributed by atoms with E-state index in [0.717, 1.165) is 6.07 Å². The van der Waals surface area contributed by atoms with Crippen LogP contribution in [0.5, 0.6) is 0 Å². The minimum absolute atomic E-state index is 0.244. The van der Waals surface area contributed by atoms with E-state index in [1.54, 1.807) is 0 Å². The largest absolute Gasteiger partial charge is 0.478 e. The normalized spacial score (nSPS) is 10.1. The van der Waals surface area contributed by atoms with Crippen molar-refractivity contribution in [3.63, 3.8) is 0 Å². The predicted octanol–water partition coefficient (Wildman–Crippen LogP) is 3.43.